The zero-order valence-electron chi connectivity index (χ0n) is 12.2. The molecule has 0 radical (unpaired) electrons. The van der Waals surface area contributed by atoms with Gasteiger partial charge in [0.15, 0.2) is 6.10 Å². The molecule has 5 nitrogen and oxygen atoms in total. The lowest BCUT2D eigenvalue weighted by atomic mass is 10.3. The minimum absolute atomic E-state index is 0.122. The summed E-state index contributed by atoms with van der Waals surface area (Å²) in [5.74, 6) is 0.474. The summed E-state index contributed by atoms with van der Waals surface area (Å²) in [5, 5.41) is 3.48. The zero-order chi connectivity index (χ0) is 15.1. The van der Waals surface area contributed by atoms with Gasteiger partial charge in [0.1, 0.15) is 5.75 Å². The molecule has 1 aliphatic heterocycles. The van der Waals surface area contributed by atoms with Crippen LogP contribution in [0.15, 0.2) is 24.3 Å². The van der Waals surface area contributed by atoms with E-state index in [2.05, 4.69) is 10.2 Å². The Hall–Kier alpha value is -1.30. The topological polar surface area (TPSA) is 50.8 Å². The molecule has 1 N–H and O–H groups in total. The normalized spacial score (nSPS) is 17.2. The standard InChI is InChI=1S/C15H21ClN2O3/c1-12(21-14-4-2-3-13(16)11-14)15(19)17-5-6-18-7-9-20-10-8-18/h2-4,11-12H,5-10H2,1H3,(H,17,19). The lowest BCUT2D eigenvalue weighted by Crippen LogP contribution is -2.43. The van der Waals surface area contributed by atoms with Crippen LogP contribution in [0.3, 0.4) is 0 Å². The summed E-state index contributed by atoms with van der Waals surface area (Å²) >= 11 is 5.88. The van der Waals surface area contributed by atoms with Crippen molar-refractivity contribution in [3.8, 4) is 5.75 Å². The van der Waals surface area contributed by atoms with Crippen molar-refractivity contribution in [3.63, 3.8) is 0 Å². The van der Waals surface area contributed by atoms with E-state index < -0.39 is 6.10 Å². The number of morpholine rings is 1. The van der Waals surface area contributed by atoms with Crippen LogP contribution in [0.5, 0.6) is 5.75 Å². The summed E-state index contributed by atoms with van der Waals surface area (Å²) < 4.78 is 10.9. The van der Waals surface area contributed by atoms with Crippen molar-refractivity contribution in [2.24, 2.45) is 0 Å². The van der Waals surface area contributed by atoms with Crippen LogP contribution in [0.2, 0.25) is 5.02 Å². The Bertz CT molecular complexity index is 464. The molecular weight excluding hydrogens is 292 g/mol. The molecule has 1 fully saturated rings. The van der Waals surface area contributed by atoms with Gasteiger partial charge in [-0.1, -0.05) is 17.7 Å². The second-order valence-electron chi connectivity index (χ2n) is 4.96. The number of rotatable bonds is 6. The number of nitrogens with one attached hydrogen (secondary N) is 1. The lowest BCUT2D eigenvalue weighted by Gasteiger charge is -2.26. The number of halogens is 1. The van der Waals surface area contributed by atoms with Gasteiger partial charge in [-0.2, -0.15) is 0 Å². The van der Waals surface area contributed by atoms with Gasteiger partial charge in [-0.3, -0.25) is 9.69 Å². The van der Waals surface area contributed by atoms with Gasteiger partial charge in [-0.25, -0.2) is 0 Å². The summed E-state index contributed by atoms with van der Waals surface area (Å²) in [5.41, 5.74) is 0. The number of carbonyl (C=O) groups is 1. The molecule has 1 aromatic rings. The van der Waals surface area contributed by atoms with Crippen molar-refractivity contribution in [1.29, 1.82) is 0 Å². The molecule has 6 heteroatoms. The largest absolute Gasteiger partial charge is 0.481 e. The molecule has 0 aromatic heterocycles. The van der Waals surface area contributed by atoms with E-state index in [1.165, 1.54) is 0 Å². The monoisotopic (exact) mass is 312 g/mol. The number of ether oxygens (including phenoxy) is 2. The Labute approximate surface area is 130 Å². The number of hydrogen-bond donors (Lipinski definition) is 1. The van der Waals surface area contributed by atoms with E-state index >= 15 is 0 Å². The van der Waals surface area contributed by atoms with Crippen molar-refractivity contribution < 1.29 is 14.3 Å². The molecule has 1 atom stereocenters. The van der Waals surface area contributed by atoms with Gasteiger partial charge in [0.05, 0.1) is 13.2 Å². The fourth-order valence-corrected chi connectivity index (χ4v) is 2.28. The van der Waals surface area contributed by atoms with Crippen LogP contribution >= 0.6 is 11.6 Å². The third-order valence-electron chi connectivity index (χ3n) is 3.31. The van der Waals surface area contributed by atoms with Crippen molar-refractivity contribution in [2.75, 3.05) is 39.4 Å². The molecular formula is C15H21ClN2O3. The molecule has 1 unspecified atom stereocenters. The first-order valence-corrected chi connectivity index (χ1v) is 7.53. The maximum absolute atomic E-state index is 12.0. The van der Waals surface area contributed by atoms with Crippen molar-refractivity contribution >= 4 is 17.5 Å². The molecule has 1 aliphatic rings. The van der Waals surface area contributed by atoms with E-state index in [1.54, 1.807) is 31.2 Å². The summed E-state index contributed by atoms with van der Waals surface area (Å²) in [6.07, 6.45) is -0.548. The molecule has 1 amide bonds. The minimum atomic E-state index is -0.548. The molecule has 1 aromatic carbocycles. The van der Waals surface area contributed by atoms with Crippen LogP contribution in [0.4, 0.5) is 0 Å². The van der Waals surface area contributed by atoms with E-state index in [1.807, 2.05) is 0 Å². The highest BCUT2D eigenvalue weighted by molar-refractivity contribution is 6.30. The average Bonchev–Trinajstić information content (AvgIpc) is 2.48. The van der Waals surface area contributed by atoms with Gasteiger partial charge in [-0.15, -0.1) is 0 Å². The average molecular weight is 313 g/mol. The van der Waals surface area contributed by atoms with Gasteiger partial charge >= 0.3 is 0 Å². The predicted molar refractivity (Wildman–Crippen MR) is 81.8 cm³/mol. The van der Waals surface area contributed by atoms with Crippen molar-refractivity contribution in [2.45, 2.75) is 13.0 Å². The van der Waals surface area contributed by atoms with Crippen molar-refractivity contribution in [1.82, 2.24) is 10.2 Å². The molecule has 0 bridgehead atoms. The van der Waals surface area contributed by atoms with E-state index in [0.29, 0.717) is 17.3 Å². The quantitative estimate of drug-likeness (QED) is 0.866. The third-order valence-corrected chi connectivity index (χ3v) is 3.54. The first kappa shape index (κ1) is 16.1. The van der Waals surface area contributed by atoms with Crippen LogP contribution in [0.25, 0.3) is 0 Å². The van der Waals surface area contributed by atoms with E-state index in [9.17, 15) is 4.79 Å². The summed E-state index contributed by atoms with van der Waals surface area (Å²) in [6.45, 7) is 6.55. The van der Waals surface area contributed by atoms with Gasteiger partial charge < -0.3 is 14.8 Å². The first-order chi connectivity index (χ1) is 10.1. The van der Waals surface area contributed by atoms with Gasteiger partial charge in [0, 0.05) is 31.2 Å². The van der Waals surface area contributed by atoms with Crippen LogP contribution in [0.1, 0.15) is 6.92 Å². The summed E-state index contributed by atoms with van der Waals surface area (Å²) in [7, 11) is 0. The lowest BCUT2D eigenvalue weighted by molar-refractivity contribution is -0.127. The molecule has 1 saturated heterocycles. The second kappa shape index (κ2) is 8.22. The number of benzene rings is 1. The Balaban J connectivity index is 1.69. The SMILES string of the molecule is CC(Oc1cccc(Cl)c1)C(=O)NCCN1CCOCC1. The number of nitrogens with zero attached hydrogens (tertiary/aromatic N) is 1. The highest BCUT2D eigenvalue weighted by atomic mass is 35.5. The molecule has 0 saturated carbocycles. The Kier molecular flexibility index (Phi) is 6.29. The van der Waals surface area contributed by atoms with Crippen LogP contribution in [-0.4, -0.2) is 56.3 Å². The molecule has 2 rings (SSSR count). The van der Waals surface area contributed by atoms with Crippen LogP contribution < -0.4 is 10.1 Å². The molecule has 0 aliphatic carbocycles. The fourth-order valence-electron chi connectivity index (χ4n) is 2.10. The van der Waals surface area contributed by atoms with E-state index in [4.69, 9.17) is 21.1 Å². The molecule has 0 spiro atoms. The number of hydrogen-bond acceptors (Lipinski definition) is 4. The van der Waals surface area contributed by atoms with Gasteiger partial charge in [0.2, 0.25) is 0 Å². The molecule has 116 valence electrons. The Morgan fingerprint density at radius 2 is 2.24 bits per heavy atom. The Morgan fingerprint density at radius 3 is 2.95 bits per heavy atom. The Morgan fingerprint density at radius 1 is 1.48 bits per heavy atom. The highest BCUT2D eigenvalue weighted by Crippen LogP contribution is 2.18. The van der Waals surface area contributed by atoms with Crippen molar-refractivity contribution in [3.05, 3.63) is 29.3 Å². The van der Waals surface area contributed by atoms with Gasteiger partial charge in [-0.05, 0) is 25.1 Å². The van der Waals surface area contributed by atoms with E-state index in [0.717, 1.165) is 32.8 Å². The summed E-state index contributed by atoms with van der Waals surface area (Å²) in [4.78, 5) is 14.2. The molecule has 1 heterocycles. The first-order valence-electron chi connectivity index (χ1n) is 7.15. The smallest absolute Gasteiger partial charge is 0.260 e. The number of amides is 1. The third kappa shape index (κ3) is 5.53. The highest BCUT2D eigenvalue weighted by Gasteiger charge is 2.15. The zero-order valence-corrected chi connectivity index (χ0v) is 12.9. The maximum Gasteiger partial charge on any atom is 0.260 e. The minimum Gasteiger partial charge on any atom is -0.481 e. The predicted octanol–water partition coefficient (Wildman–Crippen LogP) is 1.56. The van der Waals surface area contributed by atoms with Crippen LogP contribution in [0, 0.1) is 0 Å². The van der Waals surface area contributed by atoms with Gasteiger partial charge in [0.25, 0.3) is 5.91 Å². The maximum atomic E-state index is 12.0. The fraction of sp³-hybridized carbons (Fsp3) is 0.533. The molecule has 21 heavy (non-hydrogen) atoms. The van der Waals surface area contributed by atoms with E-state index in [-0.39, 0.29) is 5.91 Å². The number of carbonyl (C=O) groups excluding carboxylic acids is 1. The van der Waals surface area contributed by atoms with Crippen LogP contribution in [-0.2, 0) is 9.53 Å². The summed E-state index contributed by atoms with van der Waals surface area (Å²) in [6, 6.07) is 7.03. The second-order valence-corrected chi connectivity index (χ2v) is 5.40.